The Kier molecular flexibility index (Phi) is 8.63. The van der Waals surface area contributed by atoms with Crippen molar-refractivity contribution in [3.63, 3.8) is 0 Å². The molecule has 25 heavy (non-hydrogen) atoms. The summed E-state index contributed by atoms with van der Waals surface area (Å²) >= 11 is 0. The molecule has 4 nitrogen and oxygen atoms in total. The fourth-order valence-electron chi connectivity index (χ4n) is 3.65. The van der Waals surface area contributed by atoms with Gasteiger partial charge in [0, 0.05) is 23.7 Å². The largest absolute Gasteiger partial charge is 0.348 e. The average molecular weight is 384 g/mol. The summed E-state index contributed by atoms with van der Waals surface area (Å²) < 4.78 is 0. The van der Waals surface area contributed by atoms with E-state index < -0.39 is 0 Å². The molecular formula is C19H27Cl2N3O. The lowest BCUT2D eigenvalue weighted by molar-refractivity contribution is 0.0917. The van der Waals surface area contributed by atoms with E-state index in [0.717, 1.165) is 29.4 Å². The molecule has 3 N–H and O–H groups in total. The van der Waals surface area contributed by atoms with Crippen molar-refractivity contribution in [2.75, 3.05) is 6.54 Å². The van der Waals surface area contributed by atoms with Crippen molar-refractivity contribution < 1.29 is 4.79 Å². The van der Waals surface area contributed by atoms with Crippen molar-refractivity contribution >= 4 is 41.6 Å². The monoisotopic (exact) mass is 383 g/mol. The van der Waals surface area contributed by atoms with Crippen LogP contribution in [0.5, 0.6) is 0 Å². The second-order valence-electron chi connectivity index (χ2n) is 6.54. The van der Waals surface area contributed by atoms with Gasteiger partial charge in [0.1, 0.15) is 0 Å². The van der Waals surface area contributed by atoms with Crippen LogP contribution in [-0.4, -0.2) is 23.5 Å². The van der Waals surface area contributed by atoms with Crippen molar-refractivity contribution in [3.8, 4) is 0 Å². The van der Waals surface area contributed by atoms with Gasteiger partial charge in [-0.15, -0.1) is 24.8 Å². The molecule has 138 valence electrons. The number of aromatic nitrogens is 1. The lowest BCUT2D eigenvalue weighted by Gasteiger charge is -2.30. The minimum atomic E-state index is -0.0345. The number of pyridine rings is 1. The topological polar surface area (TPSA) is 68.0 Å². The van der Waals surface area contributed by atoms with E-state index in [-0.39, 0.29) is 36.8 Å². The Balaban J connectivity index is 0.00000156. The van der Waals surface area contributed by atoms with Crippen molar-refractivity contribution in [3.05, 3.63) is 41.6 Å². The third-order valence-electron chi connectivity index (χ3n) is 4.88. The summed E-state index contributed by atoms with van der Waals surface area (Å²) in [5.41, 5.74) is 8.36. The molecule has 6 heteroatoms. The first kappa shape index (κ1) is 21.7. The van der Waals surface area contributed by atoms with Gasteiger partial charge >= 0.3 is 0 Å². The van der Waals surface area contributed by atoms with Gasteiger partial charge in [-0.1, -0.05) is 37.5 Å². The van der Waals surface area contributed by atoms with Gasteiger partial charge < -0.3 is 11.1 Å². The smallest absolute Gasteiger partial charge is 0.252 e. The normalized spacial score (nSPS) is 15.8. The maximum Gasteiger partial charge on any atom is 0.252 e. The van der Waals surface area contributed by atoms with Gasteiger partial charge in [0.15, 0.2) is 0 Å². The summed E-state index contributed by atoms with van der Waals surface area (Å²) in [6, 6.07) is 9.72. The van der Waals surface area contributed by atoms with Crippen LogP contribution in [0, 0.1) is 12.8 Å². The fourth-order valence-corrected chi connectivity index (χ4v) is 3.65. The number of hydrogen-bond donors (Lipinski definition) is 2. The summed E-state index contributed by atoms with van der Waals surface area (Å²) in [4.78, 5) is 17.3. The molecule has 1 aromatic heterocycles. The fraction of sp³-hybridized carbons (Fsp3) is 0.474. The van der Waals surface area contributed by atoms with E-state index in [9.17, 15) is 4.79 Å². The Labute approximate surface area is 161 Å². The van der Waals surface area contributed by atoms with Gasteiger partial charge in [-0.2, -0.15) is 0 Å². The highest BCUT2D eigenvalue weighted by Gasteiger charge is 2.25. The number of para-hydroxylation sites is 1. The Bertz CT molecular complexity index is 702. The molecule has 1 unspecified atom stereocenters. The Morgan fingerprint density at radius 3 is 2.60 bits per heavy atom. The third-order valence-corrected chi connectivity index (χ3v) is 4.88. The molecule has 0 radical (unpaired) electrons. The number of nitrogens with zero attached hydrogens (tertiary/aromatic N) is 1. The van der Waals surface area contributed by atoms with Crippen molar-refractivity contribution in [1.82, 2.24) is 10.3 Å². The van der Waals surface area contributed by atoms with Crippen LogP contribution < -0.4 is 11.1 Å². The first-order valence-electron chi connectivity index (χ1n) is 8.56. The predicted octanol–water partition coefficient (Wildman–Crippen LogP) is 4.02. The van der Waals surface area contributed by atoms with E-state index in [1.54, 1.807) is 0 Å². The molecule has 0 bridgehead atoms. The molecule has 1 saturated carbocycles. The zero-order chi connectivity index (χ0) is 16.2. The maximum absolute atomic E-state index is 12.8. The standard InChI is InChI=1S/C19H25N3O.2ClH/c1-13-11-16(15-9-5-6-10-17(15)21-13)19(23)22-18(12-20)14-7-3-2-4-8-14;;/h5-6,9-11,14,18H,2-4,7-8,12,20H2,1H3,(H,22,23);2*1H. The number of hydrogen-bond acceptors (Lipinski definition) is 3. The average Bonchev–Trinajstić information content (AvgIpc) is 2.59. The highest BCUT2D eigenvalue weighted by atomic mass is 35.5. The third kappa shape index (κ3) is 5.06. The number of carbonyl (C=O) groups is 1. The second-order valence-corrected chi connectivity index (χ2v) is 6.54. The molecule has 1 aliphatic rings. The number of rotatable bonds is 4. The molecule has 0 aliphatic heterocycles. The zero-order valence-corrected chi connectivity index (χ0v) is 16.2. The van der Waals surface area contributed by atoms with Crippen LogP contribution in [0.3, 0.4) is 0 Å². The highest BCUT2D eigenvalue weighted by Crippen LogP contribution is 2.26. The number of nitrogens with two attached hydrogens (primary N) is 1. The SMILES string of the molecule is Cc1cc(C(=O)NC(CN)C2CCCCC2)c2ccccc2n1.Cl.Cl. The van der Waals surface area contributed by atoms with E-state index in [1.165, 1.54) is 19.3 Å². The van der Waals surface area contributed by atoms with Crippen molar-refractivity contribution in [2.45, 2.75) is 45.1 Å². The van der Waals surface area contributed by atoms with E-state index in [4.69, 9.17) is 5.73 Å². The molecule has 1 atom stereocenters. The molecule has 0 spiro atoms. The first-order chi connectivity index (χ1) is 11.2. The molecule has 1 heterocycles. The molecule has 1 aromatic carbocycles. The van der Waals surface area contributed by atoms with Gasteiger partial charge in [-0.3, -0.25) is 9.78 Å². The van der Waals surface area contributed by atoms with Gasteiger partial charge in [-0.25, -0.2) is 0 Å². The Hall–Kier alpha value is -1.36. The summed E-state index contributed by atoms with van der Waals surface area (Å²) in [6.45, 7) is 2.42. The van der Waals surface area contributed by atoms with Crippen molar-refractivity contribution in [2.24, 2.45) is 11.7 Å². The zero-order valence-electron chi connectivity index (χ0n) is 14.5. The summed E-state index contributed by atoms with van der Waals surface area (Å²) in [6.07, 6.45) is 6.12. The minimum absolute atomic E-state index is 0. The van der Waals surface area contributed by atoms with Crippen molar-refractivity contribution in [1.29, 1.82) is 0 Å². The lowest BCUT2D eigenvalue weighted by Crippen LogP contribution is -2.46. The molecule has 3 rings (SSSR count). The van der Waals surface area contributed by atoms with Crippen LogP contribution in [-0.2, 0) is 0 Å². The Morgan fingerprint density at radius 1 is 1.24 bits per heavy atom. The number of amides is 1. The van der Waals surface area contributed by atoms with E-state index in [1.807, 2.05) is 37.3 Å². The van der Waals surface area contributed by atoms with E-state index in [0.29, 0.717) is 18.0 Å². The molecule has 1 amide bonds. The van der Waals surface area contributed by atoms with Crippen LogP contribution in [0.1, 0.15) is 48.2 Å². The van der Waals surface area contributed by atoms with Crippen LogP contribution in [0.15, 0.2) is 30.3 Å². The molecule has 2 aromatic rings. The summed E-state index contributed by atoms with van der Waals surface area (Å²) in [5, 5.41) is 4.08. The number of benzene rings is 1. The van der Waals surface area contributed by atoms with Crippen LogP contribution in [0.25, 0.3) is 10.9 Å². The van der Waals surface area contributed by atoms with E-state index >= 15 is 0 Å². The second kappa shape index (κ2) is 9.95. The van der Waals surface area contributed by atoms with E-state index in [2.05, 4.69) is 10.3 Å². The molecular weight excluding hydrogens is 357 g/mol. The van der Waals surface area contributed by atoms with Crippen LogP contribution >= 0.6 is 24.8 Å². The summed E-state index contributed by atoms with van der Waals surface area (Å²) in [5.74, 6) is 0.472. The lowest BCUT2D eigenvalue weighted by atomic mass is 9.83. The van der Waals surface area contributed by atoms with Gasteiger partial charge in [0.05, 0.1) is 11.1 Å². The van der Waals surface area contributed by atoms with Gasteiger partial charge in [0.25, 0.3) is 5.91 Å². The highest BCUT2D eigenvalue weighted by molar-refractivity contribution is 6.06. The quantitative estimate of drug-likeness (QED) is 0.837. The van der Waals surface area contributed by atoms with Gasteiger partial charge in [0.2, 0.25) is 0 Å². The predicted molar refractivity (Wildman–Crippen MR) is 108 cm³/mol. The van der Waals surface area contributed by atoms with Crippen LogP contribution in [0.2, 0.25) is 0 Å². The number of carbonyl (C=O) groups excluding carboxylic acids is 1. The number of halogens is 2. The first-order valence-corrected chi connectivity index (χ1v) is 8.56. The Morgan fingerprint density at radius 2 is 1.92 bits per heavy atom. The van der Waals surface area contributed by atoms with Crippen LogP contribution in [0.4, 0.5) is 0 Å². The number of fused-ring (bicyclic) bond motifs is 1. The molecule has 1 aliphatic carbocycles. The molecule has 0 saturated heterocycles. The summed E-state index contributed by atoms with van der Waals surface area (Å²) in [7, 11) is 0. The maximum atomic E-state index is 12.8. The minimum Gasteiger partial charge on any atom is -0.348 e. The number of nitrogens with one attached hydrogen (secondary N) is 1. The van der Waals surface area contributed by atoms with Gasteiger partial charge in [-0.05, 0) is 37.8 Å². The number of aryl methyl sites for hydroxylation is 1. The molecule has 1 fully saturated rings.